The Hall–Kier alpha value is -4.13. The maximum atomic E-state index is 12.9. The number of nitrogens with one attached hydrogen (secondary N) is 3. The van der Waals surface area contributed by atoms with E-state index in [1.54, 1.807) is 25.1 Å². The molecular formula is C26H25N3O4. The third-order valence-electron chi connectivity index (χ3n) is 5.37. The Balaban J connectivity index is 1.50. The molecule has 0 radical (unpaired) electrons. The molecule has 0 fully saturated rings. The predicted octanol–water partition coefficient (Wildman–Crippen LogP) is 3.82. The van der Waals surface area contributed by atoms with Gasteiger partial charge >= 0.3 is 11.7 Å². The first-order valence-electron chi connectivity index (χ1n) is 10.8. The van der Waals surface area contributed by atoms with Crippen molar-refractivity contribution in [3.63, 3.8) is 0 Å². The van der Waals surface area contributed by atoms with Crippen LogP contribution < -0.4 is 11.0 Å². The van der Waals surface area contributed by atoms with E-state index in [4.69, 9.17) is 4.74 Å². The van der Waals surface area contributed by atoms with E-state index in [1.807, 2.05) is 54.6 Å². The maximum absolute atomic E-state index is 12.9. The fourth-order valence-corrected chi connectivity index (χ4v) is 3.79. The Bertz CT molecular complexity index is 1310. The van der Waals surface area contributed by atoms with Gasteiger partial charge < -0.3 is 20.0 Å². The summed E-state index contributed by atoms with van der Waals surface area (Å²) in [5.41, 5.74) is 4.45. The summed E-state index contributed by atoms with van der Waals surface area (Å²) < 4.78 is 5.10. The lowest BCUT2D eigenvalue weighted by atomic mass is 9.99. The molecule has 0 saturated heterocycles. The first-order valence-corrected chi connectivity index (χ1v) is 10.8. The highest BCUT2D eigenvalue weighted by atomic mass is 16.5. The molecule has 1 amide bonds. The van der Waals surface area contributed by atoms with E-state index in [2.05, 4.69) is 15.3 Å². The average molecular weight is 444 g/mol. The van der Waals surface area contributed by atoms with Crippen molar-refractivity contribution in [2.24, 2.45) is 0 Å². The Labute approximate surface area is 190 Å². The number of hydrogen-bond donors (Lipinski definition) is 3. The van der Waals surface area contributed by atoms with Crippen LogP contribution in [-0.4, -0.2) is 34.5 Å². The van der Waals surface area contributed by atoms with Crippen molar-refractivity contribution in [1.82, 2.24) is 15.3 Å². The van der Waals surface area contributed by atoms with Gasteiger partial charge in [0.15, 0.2) is 0 Å². The molecule has 7 nitrogen and oxygen atoms in total. The molecule has 1 heterocycles. The van der Waals surface area contributed by atoms with Crippen LogP contribution in [0.1, 0.15) is 29.3 Å². The number of hydrogen-bond acceptors (Lipinski definition) is 4. The number of fused-ring (bicyclic) bond motifs is 1. The van der Waals surface area contributed by atoms with Crippen molar-refractivity contribution in [2.45, 2.75) is 25.8 Å². The summed E-state index contributed by atoms with van der Waals surface area (Å²) in [5, 5.41) is 2.95. The lowest BCUT2D eigenvalue weighted by Gasteiger charge is -2.18. The van der Waals surface area contributed by atoms with Gasteiger partial charge in [0, 0.05) is 11.6 Å². The molecule has 1 atom stereocenters. The third-order valence-corrected chi connectivity index (χ3v) is 5.37. The number of carbonyl (C=O) groups excluding carboxylic acids is 2. The second-order valence-electron chi connectivity index (χ2n) is 7.79. The molecule has 0 saturated carbocycles. The van der Waals surface area contributed by atoms with Crippen LogP contribution >= 0.6 is 0 Å². The number of aromatic nitrogens is 2. The van der Waals surface area contributed by atoms with Gasteiger partial charge in [0.25, 0.3) is 5.91 Å². The van der Waals surface area contributed by atoms with Crippen molar-refractivity contribution >= 4 is 22.9 Å². The van der Waals surface area contributed by atoms with Gasteiger partial charge in [0.1, 0.15) is 0 Å². The molecule has 0 unspecified atom stereocenters. The van der Waals surface area contributed by atoms with Gasteiger partial charge in [-0.15, -0.1) is 0 Å². The number of amides is 1. The summed E-state index contributed by atoms with van der Waals surface area (Å²) in [6, 6.07) is 22.6. The summed E-state index contributed by atoms with van der Waals surface area (Å²) in [6.45, 7) is 2.03. The lowest BCUT2D eigenvalue weighted by molar-refractivity contribution is -0.143. The summed E-state index contributed by atoms with van der Waals surface area (Å²) >= 11 is 0. The number of H-pyrrole nitrogens is 2. The zero-order chi connectivity index (χ0) is 23.2. The Morgan fingerprint density at radius 2 is 1.61 bits per heavy atom. The fraction of sp³-hybridized carbons (Fsp3) is 0.192. The minimum Gasteiger partial charge on any atom is -0.466 e. The van der Waals surface area contributed by atoms with Crippen LogP contribution in [0, 0.1) is 0 Å². The topological polar surface area (TPSA) is 104 Å². The second kappa shape index (κ2) is 9.99. The van der Waals surface area contributed by atoms with Gasteiger partial charge in [-0.3, -0.25) is 9.59 Å². The van der Waals surface area contributed by atoms with Gasteiger partial charge in [0.2, 0.25) is 0 Å². The molecule has 0 aliphatic heterocycles. The number of carbonyl (C=O) groups is 2. The number of benzene rings is 3. The number of imidazole rings is 1. The molecule has 3 N–H and O–H groups in total. The molecule has 33 heavy (non-hydrogen) atoms. The molecule has 168 valence electrons. The van der Waals surface area contributed by atoms with E-state index in [0.29, 0.717) is 23.0 Å². The minimum absolute atomic E-state index is 0.0588. The van der Waals surface area contributed by atoms with E-state index >= 15 is 0 Å². The highest BCUT2D eigenvalue weighted by Gasteiger charge is 2.19. The SMILES string of the molecule is CCOC(=O)C[C@@H](Cc1ccc(-c2ccccc2)cc1)NC(=O)c1ccc2[nH]c(=O)[nH]c2c1. The molecule has 4 aromatic rings. The fourth-order valence-electron chi connectivity index (χ4n) is 3.79. The summed E-state index contributed by atoms with van der Waals surface area (Å²) in [5.74, 6) is -0.691. The lowest BCUT2D eigenvalue weighted by Crippen LogP contribution is -2.38. The minimum atomic E-state index is -0.444. The molecular weight excluding hydrogens is 418 g/mol. The number of esters is 1. The van der Waals surface area contributed by atoms with E-state index < -0.39 is 6.04 Å². The van der Waals surface area contributed by atoms with Crippen molar-refractivity contribution in [1.29, 1.82) is 0 Å². The van der Waals surface area contributed by atoms with E-state index in [1.165, 1.54) is 0 Å². The molecule has 0 spiro atoms. The highest BCUT2D eigenvalue weighted by molar-refractivity contribution is 5.97. The van der Waals surface area contributed by atoms with E-state index in [0.717, 1.165) is 16.7 Å². The van der Waals surface area contributed by atoms with Gasteiger partial charge in [-0.25, -0.2) is 4.79 Å². The molecule has 0 aliphatic carbocycles. The van der Waals surface area contributed by atoms with Crippen LogP contribution in [-0.2, 0) is 16.0 Å². The standard InChI is InChI=1S/C26H25N3O4/c1-2-33-24(30)16-21(14-17-8-10-19(11-9-17)18-6-4-3-5-7-18)27-25(31)20-12-13-22-23(15-20)29-26(32)28-22/h3-13,15,21H,2,14,16H2,1H3,(H,27,31)(H2,28,29,32)/t21-/m1/s1. The second-order valence-corrected chi connectivity index (χ2v) is 7.79. The molecule has 0 aliphatic rings. The summed E-state index contributed by atoms with van der Waals surface area (Å²) in [6.07, 6.45) is 0.534. The van der Waals surface area contributed by atoms with Crippen molar-refractivity contribution in [3.05, 3.63) is 94.4 Å². The van der Waals surface area contributed by atoms with Crippen LogP contribution in [0.25, 0.3) is 22.2 Å². The van der Waals surface area contributed by atoms with Gasteiger partial charge in [-0.05, 0) is 48.2 Å². The largest absolute Gasteiger partial charge is 0.466 e. The van der Waals surface area contributed by atoms with Gasteiger partial charge in [0.05, 0.1) is 24.1 Å². The van der Waals surface area contributed by atoms with Crippen molar-refractivity contribution < 1.29 is 14.3 Å². The highest BCUT2D eigenvalue weighted by Crippen LogP contribution is 2.20. The first kappa shape index (κ1) is 22.1. The Kier molecular flexibility index (Phi) is 6.69. The first-order chi connectivity index (χ1) is 16.0. The number of ether oxygens (including phenoxy) is 1. The zero-order valence-electron chi connectivity index (χ0n) is 18.3. The van der Waals surface area contributed by atoms with E-state index in [9.17, 15) is 14.4 Å². The van der Waals surface area contributed by atoms with Crippen LogP contribution in [0.15, 0.2) is 77.6 Å². The quantitative estimate of drug-likeness (QED) is 0.360. The van der Waals surface area contributed by atoms with Crippen molar-refractivity contribution in [2.75, 3.05) is 6.61 Å². The summed E-state index contributed by atoms with van der Waals surface area (Å²) in [4.78, 5) is 41.9. The predicted molar refractivity (Wildman–Crippen MR) is 127 cm³/mol. The molecule has 4 rings (SSSR count). The zero-order valence-corrected chi connectivity index (χ0v) is 18.3. The van der Waals surface area contributed by atoms with E-state index in [-0.39, 0.29) is 30.6 Å². The Morgan fingerprint density at radius 3 is 2.33 bits per heavy atom. The summed E-state index contributed by atoms with van der Waals surface area (Å²) in [7, 11) is 0. The van der Waals surface area contributed by atoms with Crippen LogP contribution in [0.2, 0.25) is 0 Å². The third kappa shape index (κ3) is 5.57. The average Bonchev–Trinajstić information content (AvgIpc) is 3.19. The Morgan fingerprint density at radius 1 is 0.909 bits per heavy atom. The normalized spacial score (nSPS) is 11.8. The maximum Gasteiger partial charge on any atom is 0.323 e. The molecule has 1 aromatic heterocycles. The number of rotatable bonds is 8. The van der Waals surface area contributed by atoms with Gasteiger partial charge in [-0.2, -0.15) is 0 Å². The van der Waals surface area contributed by atoms with Crippen LogP contribution in [0.3, 0.4) is 0 Å². The smallest absolute Gasteiger partial charge is 0.323 e. The monoisotopic (exact) mass is 443 g/mol. The molecule has 0 bridgehead atoms. The number of aromatic amines is 2. The van der Waals surface area contributed by atoms with Gasteiger partial charge in [-0.1, -0.05) is 54.6 Å². The van der Waals surface area contributed by atoms with Crippen LogP contribution in [0.4, 0.5) is 0 Å². The molecule has 3 aromatic carbocycles. The van der Waals surface area contributed by atoms with Crippen molar-refractivity contribution in [3.8, 4) is 11.1 Å². The molecule has 7 heteroatoms. The van der Waals surface area contributed by atoms with Crippen LogP contribution in [0.5, 0.6) is 0 Å².